The van der Waals surface area contributed by atoms with E-state index in [1.807, 2.05) is 12.1 Å². The van der Waals surface area contributed by atoms with Gasteiger partial charge in [0.1, 0.15) is 23.9 Å². The lowest BCUT2D eigenvalue weighted by Gasteiger charge is -2.25. The number of aromatic hydroxyl groups is 1. The normalized spacial score (nSPS) is 13.6. The molecule has 1 aromatic heterocycles. The van der Waals surface area contributed by atoms with Gasteiger partial charge < -0.3 is 47.7 Å². The standard InChI is InChI=1S/C30H36N6O9/c31-20(9-11-25(32)38)27(41)34-22(10-12-26(39)40)28(42)35-23(13-16-5-7-18(37)8-6-16)29(43)36-24(30(44)45)14-17-15-33-21-4-2-1-3-19(17)21/h1-8,15,20,22-24,33,37H,9-14,31H2,(H2,32,38)(H,34,41)(H,35,42)(H,36,43)(H,39,40)(H,44,45). The molecule has 0 fully saturated rings. The molecular formula is C30H36N6O9. The number of primary amides is 1. The van der Waals surface area contributed by atoms with Crippen molar-refractivity contribution in [2.75, 3.05) is 0 Å². The summed E-state index contributed by atoms with van der Waals surface area (Å²) < 4.78 is 0. The van der Waals surface area contributed by atoms with Crippen molar-refractivity contribution in [3.05, 3.63) is 65.9 Å². The SMILES string of the molecule is NC(=O)CCC(N)C(=O)NC(CCC(=O)O)C(=O)NC(Cc1ccc(O)cc1)C(=O)NC(Cc1c[nH]c2ccccc12)C(=O)O. The van der Waals surface area contributed by atoms with Crippen LogP contribution in [-0.2, 0) is 41.6 Å². The fraction of sp³-hybridized carbons (Fsp3) is 0.333. The highest BCUT2D eigenvalue weighted by atomic mass is 16.4. The van der Waals surface area contributed by atoms with Crippen LogP contribution in [-0.4, -0.2) is 80.0 Å². The second kappa shape index (κ2) is 15.9. The number of phenols is 1. The largest absolute Gasteiger partial charge is 0.508 e. The fourth-order valence-corrected chi connectivity index (χ4v) is 4.59. The number of hydrogen-bond donors (Lipinski definition) is 9. The molecule has 240 valence electrons. The number of para-hydroxylation sites is 1. The summed E-state index contributed by atoms with van der Waals surface area (Å²) >= 11 is 0. The third kappa shape index (κ3) is 10.4. The van der Waals surface area contributed by atoms with Crippen molar-refractivity contribution in [2.45, 2.75) is 62.7 Å². The number of H-pyrrole nitrogens is 1. The zero-order chi connectivity index (χ0) is 33.1. The second-order valence-electron chi connectivity index (χ2n) is 10.5. The summed E-state index contributed by atoms with van der Waals surface area (Å²) in [5.41, 5.74) is 12.8. The third-order valence-electron chi connectivity index (χ3n) is 7.04. The van der Waals surface area contributed by atoms with Crippen LogP contribution in [0.1, 0.15) is 36.8 Å². The van der Waals surface area contributed by atoms with Crippen LogP contribution in [0.25, 0.3) is 10.9 Å². The lowest BCUT2D eigenvalue weighted by atomic mass is 10.0. The average molecular weight is 625 g/mol. The minimum absolute atomic E-state index is 0.0439. The number of amides is 4. The molecule has 15 nitrogen and oxygen atoms in total. The predicted octanol–water partition coefficient (Wildman–Crippen LogP) is -0.345. The Bertz CT molecular complexity index is 1540. The van der Waals surface area contributed by atoms with E-state index in [4.69, 9.17) is 11.5 Å². The van der Waals surface area contributed by atoms with Gasteiger partial charge in [0.05, 0.1) is 6.04 Å². The number of benzene rings is 2. The van der Waals surface area contributed by atoms with Gasteiger partial charge >= 0.3 is 11.9 Å². The Morgan fingerprint density at radius 2 is 1.38 bits per heavy atom. The zero-order valence-electron chi connectivity index (χ0n) is 24.2. The molecule has 4 amide bonds. The third-order valence-corrected chi connectivity index (χ3v) is 7.04. The van der Waals surface area contributed by atoms with Crippen LogP contribution in [0.15, 0.2) is 54.7 Å². The Morgan fingerprint density at radius 3 is 2.02 bits per heavy atom. The van der Waals surface area contributed by atoms with Crippen molar-refractivity contribution < 1.29 is 44.1 Å². The van der Waals surface area contributed by atoms with Crippen molar-refractivity contribution in [3.63, 3.8) is 0 Å². The van der Waals surface area contributed by atoms with Gasteiger partial charge in [0, 0.05) is 42.8 Å². The van der Waals surface area contributed by atoms with Crippen molar-refractivity contribution >= 4 is 46.5 Å². The number of carbonyl (C=O) groups excluding carboxylic acids is 4. The molecule has 0 aliphatic rings. The molecule has 0 aliphatic carbocycles. The van der Waals surface area contributed by atoms with Crippen LogP contribution in [0.4, 0.5) is 0 Å². The fourth-order valence-electron chi connectivity index (χ4n) is 4.59. The summed E-state index contributed by atoms with van der Waals surface area (Å²) in [4.78, 5) is 77.1. The van der Waals surface area contributed by atoms with E-state index >= 15 is 0 Å². The Hall–Kier alpha value is -5.44. The number of rotatable bonds is 17. The summed E-state index contributed by atoms with van der Waals surface area (Å²) in [5.74, 6) is -5.92. The molecule has 0 spiro atoms. The van der Waals surface area contributed by atoms with E-state index in [2.05, 4.69) is 20.9 Å². The number of fused-ring (bicyclic) bond motifs is 1. The maximum atomic E-state index is 13.5. The first kappa shape index (κ1) is 34.1. The molecular weight excluding hydrogens is 588 g/mol. The van der Waals surface area contributed by atoms with Gasteiger partial charge in [0.15, 0.2) is 0 Å². The van der Waals surface area contributed by atoms with E-state index in [-0.39, 0.29) is 37.9 Å². The second-order valence-corrected chi connectivity index (χ2v) is 10.5. The number of aliphatic carboxylic acids is 2. The van der Waals surface area contributed by atoms with Crippen LogP contribution in [0, 0.1) is 0 Å². The molecule has 1 heterocycles. The van der Waals surface area contributed by atoms with E-state index < -0.39 is 66.2 Å². The average Bonchev–Trinajstić information content (AvgIpc) is 3.40. The molecule has 3 aromatic rings. The maximum absolute atomic E-state index is 13.5. The molecule has 0 saturated carbocycles. The number of carbonyl (C=O) groups is 6. The molecule has 3 rings (SSSR count). The van der Waals surface area contributed by atoms with E-state index in [1.54, 1.807) is 18.3 Å². The summed E-state index contributed by atoms with van der Waals surface area (Å²) in [6.45, 7) is 0. The van der Waals surface area contributed by atoms with Gasteiger partial charge in [-0.2, -0.15) is 0 Å². The summed E-state index contributed by atoms with van der Waals surface area (Å²) in [7, 11) is 0. The van der Waals surface area contributed by atoms with Crippen molar-refractivity contribution in [3.8, 4) is 5.75 Å². The molecule has 4 unspecified atom stereocenters. The molecule has 15 heteroatoms. The highest BCUT2D eigenvalue weighted by Crippen LogP contribution is 2.19. The van der Waals surface area contributed by atoms with E-state index in [0.717, 1.165) is 10.9 Å². The van der Waals surface area contributed by atoms with Gasteiger partial charge in [-0.1, -0.05) is 30.3 Å². The topological polar surface area (TPSA) is 267 Å². The number of hydrogen-bond acceptors (Lipinski definition) is 8. The molecule has 4 atom stereocenters. The number of aromatic nitrogens is 1. The Balaban J connectivity index is 1.82. The molecule has 0 aliphatic heterocycles. The Labute approximate surface area is 257 Å². The molecule has 0 saturated heterocycles. The zero-order valence-corrected chi connectivity index (χ0v) is 24.2. The number of carboxylic acid groups (broad SMARTS) is 2. The first-order chi connectivity index (χ1) is 21.3. The van der Waals surface area contributed by atoms with Crippen molar-refractivity contribution in [2.24, 2.45) is 11.5 Å². The first-order valence-corrected chi connectivity index (χ1v) is 14.1. The number of nitrogens with one attached hydrogen (secondary N) is 4. The first-order valence-electron chi connectivity index (χ1n) is 14.1. The minimum atomic E-state index is -1.44. The summed E-state index contributed by atoms with van der Waals surface area (Å²) in [5, 5.41) is 36.9. The predicted molar refractivity (Wildman–Crippen MR) is 161 cm³/mol. The van der Waals surface area contributed by atoms with Gasteiger partial charge in [-0.25, -0.2) is 4.79 Å². The summed E-state index contributed by atoms with van der Waals surface area (Å²) in [6, 6.07) is 7.55. The molecule has 11 N–H and O–H groups in total. The number of aromatic amines is 1. The maximum Gasteiger partial charge on any atom is 0.326 e. The quantitative estimate of drug-likeness (QED) is 0.0942. The highest BCUT2D eigenvalue weighted by molar-refractivity contribution is 5.95. The minimum Gasteiger partial charge on any atom is -0.508 e. The van der Waals surface area contributed by atoms with Gasteiger partial charge in [0.2, 0.25) is 23.6 Å². The monoisotopic (exact) mass is 624 g/mol. The van der Waals surface area contributed by atoms with Crippen LogP contribution in [0.2, 0.25) is 0 Å². The van der Waals surface area contributed by atoms with Crippen molar-refractivity contribution in [1.82, 2.24) is 20.9 Å². The lowest BCUT2D eigenvalue weighted by molar-refractivity contribution is -0.142. The molecule has 2 aromatic carbocycles. The van der Waals surface area contributed by atoms with Gasteiger partial charge in [0.25, 0.3) is 0 Å². The summed E-state index contributed by atoms with van der Waals surface area (Å²) in [6.07, 6.45) is 0.232. The van der Waals surface area contributed by atoms with E-state index in [1.165, 1.54) is 24.3 Å². The van der Waals surface area contributed by atoms with Gasteiger partial charge in [-0.05, 0) is 42.2 Å². The molecule has 0 radical (unpaired) electrons. The van der Waals surface area contributed by atoms with Crippen LogP contribution < -0.4 is 27.4 Å². The van der Waals surface area contributed by atoms with E-state index in [9.17, 15) is 44.1 Å². The van der Waals surface area contributed by atoms with Gasteiger partial charge in [-0.3, -0.25) is 24.0 Å². The van der Waals surface area contributed by atoms with Crippen molar-refractivity contribution in [1.29, 1.82) is 0 Å². The number of carboxylic acids is 2. The Morgan fingerprint density at radius 1 is 0.756 bits per heavy atom. The number of phenolic OH excluding ortho intramolecular Hbond substituents is 1. The lowest BCUT2D eigenvalue weighted by Crippen LogP contribution is -2.58. The van der Waals surface area contributed by atoms with Crippen LogP contribution >= 0.6 is 0 Å². The molecule has 45 heavy (non-hydrogen) atoms. The van der Waals surface area contributed by atoms with E-state index in [0.29, 0.717) is 11.1 Å². The van der Waals surface area contributed by atoms with Crippen LogP contribution in [0.5, 0.6) is 5.75 Å². The Kier molecular flexibility index (Phi) is 12.0. The smallest absolute Gasteiger partial charge is 0.326 e. The van der Waals surface area contributed by atoms with Gasteiger partial charge in [-0.15, -0.1) is 0 Å². The van der Waals surface area contributed by atoms with Crippen LogP contribution in [0.3, 0.4) is 0 Å². The highest BCUT2D eigenvalue weighted by Gasteiger charge is 2.31. The molecule has 0 bridgehead atoms. The number of nitrogens with two attached hydrogens (primary N) is 2.